The van der Waals surface area contributed by atoms with Gasteiger partial charge in [0.25, 0.3) is 5.91 Å². The lowest BCUT2D eigenvalue weighted by molar-refractivity contribution is -0.148. The van der Waals surface area contributed by atoms with Crippen molar-refractivity contribution < 1.29 is 23.9 Å². The Kier molecular flexibility index (Phi) is 6.19. The molecule has 0 spiro atoms. The highest BCUT2D eigenvalue weighted by Crippen LogP contribution is 2.36. The second kappa shape index (κ2) is 8.34. The molecule has 3 N–H and O–H groups in total. The van der Waals surface area contributed by atoms with Crippen LogP contribution in [0.25, 0.3) is 0 Å². The summed E-state index contributed by atoms with van der Waals surface area (Å²) in [5, 5.41) is 6.48. The van der Waals surface area contributed by atoms with Gasteiger partial charge in [-0.2, -0.15) is 0 Å². The number of nitrogens with one attached hydrogen (secondary N) is 3. The fraction of sp³-hybridized carbons (Fsp3) is 0.333. The van der Waals surface area contributed by atoms with E-state index in [9.17, 15) is 19.2 Å². The van der Waals surface area contributed by atoms with Gasteiger partial charge >= 0.3 is 12.0 Å². The van der Waals surface area contributed by atoms with Crippen LogP contribution in [0.4, 0.5) is 10.5 Å². The fourth-order valence-electron chi connectivity index (χ4n) is 1.95. The van der Waals surface area contributed by atoms with Crippen LogP contribution in [0.1, 0.15) is 13.3 Å². The summed E-state index contributed by atoms with van der Waals surface area (Å²) in [4.78, 5) is 47.2. The molecule has 2 rings (SSSR count). The average Bonchev–Trinajstić information content (AvgIpc) is 2.54. The van der Waals surface area contributed by atoms with Crippen molar-refractivity contribution in [2.24, 2.45) is 0 Å². The summed E-state index contributed by atoms with van der Waals surface area (Å²) in [7, 11) is 0. The molecule has 1 aliphatic heterocycles. The summed E-state index contributed by atoms with van der Waals surface area (Å²) in [6, 6.07) is 6.61. The molecule has 0 aromatic heterocycles. The van der Waals surface area contributed by atoms with Crippen LogP contribution >= 0.6 is 11.8 Å². The molecule has 9 heteroatoms. The Labute approximate surface area is 142 Å². The standard InChI is InChI=1S/C15H17N3O5S/c1-2-16-15(22)18-12(19)8-23-13(20)7-11-14(21)17-9-5-3-4-6-10(9)24-11/h3-6,11H,2,7-8H2,1H3,(H,17,21)(H2,16,18,19,22)/t11-/m1/s1. The number of hydrogen-bond donors (Lipinski definition) is 3. The Morgan fingerprint density at radius 2 is 2.04 bits per heavy atom. The number of esters is 1. The lowest BCUT2D eigenvalue weighted by Gasteiger charge is -2.23. The van der Waals surface area contributed by atoms with Gasteiger partial charge in [-0.3, -0.25) is 19.7 Å². The second-order valence-electron chi connectivity index (χ2n) is 4.86. The maximum Gasteiger partial charge on any atom is 0.321 e. The zero-order chi connectivity index (χ0) is 17.5. The molecule has 0 unspecified atom stereocenters. The monoisotopic (exact) mass is 351 g/mol. The van der Waals surface area contributed by atoms with Crippen LogP contribution in [0.15, 0.2) is 29.2 Å². The van der Waals surface area contributed by atoms with Crippen molar-refractivity contribution in [2.45, 2.75) is 23.5 Å². The number of benzene rings is 1. The normalized spacial score (nSPS) is 15.7. The quantitative estimate of drug-likeness (QED) is 0.679. The van der Waals surface area contributed by atoms with Crippen LogP contribution in [0.2, 0.25) is 0 Å². The molecule has 1 aliphatic rings. The third-order valence-electron chi connectivity index (χ3n) is 3.01. The maximum atomic E-state index is 12.0. The molecule has 0 saturated carbocycles. The Morgan fingerprint density at radius 1 is 1.29 bits per heavy atom. The minimum atomic E-state index is -0.736. The highest BCUT2D eigenvalue weighted by atomic mass is 32.2. The minimum Gasteiger partial charge on any atom is -0.456 e. The van der Waals surface area contributed by atoms with Crippen LogP contribution in [-0.2, 0) is 19.1 Å². The molecule has 0 radical (unpaired) electrons. The van der Waals surface area contributed by atoms with Crippen LogP contribution in [0.3, 0.4) is 0 Å². The van der Waals surface area contributed by atoms with E-state index in [4.69, 9.17) is 4.74 Å². The van der Waals surface area contributed by atoms with E-state index in [2.05, 4.69) is 10.6 Å². The van der Waals surface area contributed by atoms with Gasteiger partial charge in [0.1, 0.15) is 0 Å². The van der Waals surface area contributed by atoms with Crippen LogP contribution in [0.5, 0.6) is 0 Å². The van der Waals surface area contributed by atoms with Crippen LogP contribution in [-0.4, -0.2) is 42.2 Å². The summed E-state index contributed by atoms with van der Waals surface area (Å²) in [5.41, 5.74) is 0.707. The number of carbonyl (C=O) groups is 4. The number of anilines is 1. The topological polar surface area (TPSA) is 114 Å². The second-order valence-corrected chi connectivity index (χ2v) is 6.11. The zero-order valence-corrected chi connectivity index (χ0v) is 13.8. The van der Waals surface area contributed by atoms with Crippen molar-refractivity contribution in [3.63, 3.8) is 0 Å². The minimum absolute atomic E-state index is 0.167. The number of thioether (sulfide) groups is 1. The molecule has 1 atom stereocenters. The summed E-state index contributed by atoms with van der Waals surface area (Å²) < 4.78 is 4.80. The van der Waals surface area contributed by atoms with Gasteiger partial charge in [-0.15, -0.1) is 11.8 Å². The molecular formula is C15H17N3O5S. The van der Waals surface area contributed by atoms with Gasteiger partial charge in [-0.1, -0.05) is 12.1 Å². The first-order valence-corrected chi connectivity index (χ1v) is 8.17. The van der Waals surface area contributed by atoms with E-state index in [-0.39, 0.29) is 12.3 Å². The number of rotatable bonds is 5. The predicted molar refractivity (Wildman–Crippen MR) is 87.5 cm³/mol. The lowest BCUT2D eigenvalue weighted by Crippen LogP contribution is -2.41. The molecule has 0 bridgehead atoms. The van der Waals surface area contributed by atoms with Gasteiger partial charge in [0, 0.05) is 11.4 Å². The summed E-state index contributed by atoms with van der Waals surface area (Å²) in [6.07, 6.45) is -0.167. The van der Waals surface area contributed by atoms with Crippen molar-refractivity contribution in [1.82, 2.24) is 10.6 Å². The smallest absolute Gasteiger partial charge is 0.321 e. The van der Waals surface area contributed by atoms with E-state index < -0.39 is 29.8 Å². The molecule has 128 valence electrons. The zero-order valence-electron chi connectivity index (χ0n) is 13.0. The Balaban J connectivity index is 1.79. The first-order chi connectivity index (χ1) is 11.5. The van der Waals surface area contributed by atoms with Gasteiger partial charge in [0.15, 0.2) is 6.61 Å². The fourth-order valence-corrected chi connectivity index (χ4v) is 3.05. The summed E-state index contributed by atoms with van der Waals surface area (Å²) in [6.45, 7) is 1.50. The Bertz CT molecular complexity index is 664. The number of hydrogen-bond acceptors (Lipinski definition) is 6. The number of imide groups is 1. The van der Waals surface area contributed by atoms with E-state index in [1.807, 2.05) is 23.5 Å². The summed E-state index contributed by atoms with van der Waals surface area (Å²) in [5.74, 6) is -1.71. The Morgan fingerprint density at radius 3 is 2.79 bits per heavy atom. The van der Waals surface area contributed by atoms with Crippen molar-refractivity contribution in [1.29, 1.82) is 0 Å². The molecule has 1 aromatic carbocycles. The van der Waals surface area contributed by atoms with Gasteiger partial charge < -0.3 is 15.4 Å². The molecule has 24 heavy (non-hydrogen) atoms. The third kappa shape index (κ3) is 4.98. The Hall–Kier alpha value is -2.55. The molecule has 4 amide bonds. The largest absolute Gasteiger partial charge is 0.456 e. The van der Waals surface area contributed by atoms with Gasteiger partial charge in [-0.05, 0) is 19.1 Å². The molecule has 1 heterocycles. The first-order valence-electron chi connectivity index (χ1n) is 7.29. The SMILES string of the molecule is CCNC(=O)NC(=O)COC(=O)C[C@H]1Sc2ccccc2NC1=O. The van der Waals surface area contributed by atoms with Gasteiger partial charge in [0.2, 0.25) is 5.91 Å². The summed E-state index contributed by atoms with van der Waals surface area (Å²) >= 11 is 1.27. The average molecular weight is 351 g/mol. The van der Waals surface area contributed by atoms with Crippen molar-refractivity contribution in [2.75, 3.05) is 18.5 Å². The van der Waals surface area contributed by atoms with Crippen LogP contribution in [0, 0.1) is 0 Å². The number of urea groups is 1. The number of carbonyl (C=O) groups excluding carboxylic acids is 4. The van der Waals surface area contributed by atoms with E-state index in [0.717, 1.165) is 4.90 Å². The lowest BCUT2D eigenvalue weighted by atomic mass is 10.2. The molecule has 8 nitrogen and oxygen atoms in total. The van der Waals surface area contributed by atoms with Crippen molar-refractivity contribution >= 4 is 41.3 Å². The molecule has 0 saturated heterocycles. The first kappa shape index (κ1) is 17.8. The molecule has 0 fully saturated rings. The number of amides is 4. The van der Waals surface area contributed by atoms with Gasteiger partial charge in [0.05, 0.1) is 17.4 Å². The van der Waals surface area contributed by atoms with E-state index >= 15 is 0 Å². The number of fused-ring (bicyclic) bond motifs is 1. The van der Waals surface area contributed by atoms with Gasteiger partial charge in [-0.25, -0.2) is 4.79 Å². The van der Waals surface area contributed by atoms with Crippen molar-refractivity contribution in [3.8, 4) is 0 Å². The maximum absolute atomic E-state index is 12.0. The molecule has 0 aliphatic carbocycles. The third-order valence-corrected chi connectivity index (χ3v) is 4.29. The highest BCUT2D eigenvalue weighted by molar-refractivity contribution is 8.01. The van der Waals surface area contributed by atoms with Crippen molar-refractivity contribution in [3.05, 3.63) is 24.3 Å². The van der Waals surface area contributed by atoms with E-state index in [1.165, 1.54) is 11.8 Å². The predicted octanol–water partition coefficient (Wildman–Crippen LogP) is 0.878. The number of para-hydroxylation sites is 1. The number of ether oxygens (including phenoxy) is 1. The highest BCUT2D eigenvalue weighted by Gasteiger charge is 2.29. The van der Waals surface area contributed by atoms with Crippen LogP contribution < -0.4 is 16.0 Å². The molecular weight excluding hydrogens is 334 g/mol. The van der Waals surface area contributed by atoms with E-state index in [1.54, 1.807) is 13.0 Å². The van der Waals surface area contributed by atoms with E-state index in [0.29, 0.717) is 12.2 Å². The molecule has 1 aromatic rings.